The lowest BCUT2D eigenvalue weighted by Crippen LogP contribution is -2.13. The molecule has 0 saturated heterocycles. The van der Waals surface area contributed by atoms with Gasteiger partial charge in [0.25, 0.3) is 0 Å². The molecule has 0 amide bonds. The number of carbonyl (C=O) groups excluding carboxylic acids is 1. The molecule has 0 heterocycles. The number of carbonyl (C=O) groups is 2. The maximum Gasteiger partial charge on any atom is 0.303 e. The van der Waals surface area contributed by atoms with Gasteiger partial charge in [-0.15, -0.1) is 0 Å². The lowest BCUT2D eigenvalue weighted by atomic mass is 9.90. The van der Waals surface area contributed by atoms with Crippen LogP contribution < -0.4 is 0 Å². The van der Waals surface area contributed by atoms with E-state index in [0.717, 1.165) is 19.3 Å². The van der Waals surface area contributed by atoms with Gasteiger partial charge in [-0.3, -0.25) is 9.59 Å². The molecule has 1 rings (SSSR count). The van der Waals surface area contributed by atoms with Gasteiger partial charge in [0.05, 0.1) is 0 Å². The topological polar surface area (TPSA) is 54.4 Å². The fourth-order valence-corrected chi connectivity index (χ4v) is 2.80. The summed E-state index contributed by atoms with van der Waals surface area (Å²) in [4.78, 5) is 22.4. The SMILES string of the molecule is CCCCCCC=C[C@H]1C=CC(=O)[C@@H]1C/C=C\CCCC(=O)O. The Morgan fingerprint density at radius 3 is 2.65 bits per heavy atom. The summed E-state index contributed by atoms with van der Waals surface area (Å²) >= 11 is 0. The number of rotatable bonds is 12. The van der Waals surface area contributed by atoms with Gasteiger partial charge in [0.1, 0.15) is 0 Å². The first-order chi connectivity index (χ1) is 11.1. The van der Waals surface area contributed by atoms with E-state index in [9.17, 15) is 9.59 Å². The molecule has 0 fully saturated rings. The highest BCUT2D eigenvalue weighted by Gasteiger charge is 2.26. The monoisotopic (exact) mass is 318 g/mol. The van der Waals surface area contributed by atoms with Crippen LogP contribution in [-0.4, -0.2) is 16.9 Å². The van der Waals surface area contributed by atoms with E-state index in [0.29, 0.717) is 6.42 Å². The molecule has 2 atom stereocenters. The van der Waals surface area contributed by atoms with Gasteiger partial charge in [0, 0.05) is 18.3 Å². The van der Waals surface area contributed by atoms with Crippen molar-refractivity contribution in [1.82, 2.24) is 0 Å². The van der Waals surface area contributed by atoms with Gasteiger partial charge in [-0.1, -0.05) is 56.6 Å². The predicted octanol–water partition coefficient (Wildman–Crippen LogP) is 5.09. The summed E-state index contributed by atoms with van der Waals surface area (Å²) in [6.45, 7) is 2.21. The Bertz CT molecular complexity index is 446. The smallest absolute Gasteiger partial charge is 0.303 e. The van der Waals surface area contributed by atoms with Crippen molar-refractivity contribution >= 4 is 11.8 Å². The summed E-state index contributed by atoms with van der Waals surface area (Å²) in [6.07, 6.45) is 20.6. The number of ketones is 1. The summed E-state index contributed by atoms with van der Waals surface area (Å²) in [6, 6.07) is 0. The van der Waals surface area contributed by atoms with Gasteiger partial charge in [-0.2, -0.15) is 0 Å². The van der Waals surface area contributed by atoms with E-state index in [2.05, 4.69) is 19.1 Å². The summed E-state index contributed by atoms with van der Waals surface area (Å²) in [5, 5.41) is 8.58. The molecule has 0 aliphatic heterocycles. The largest absolute Gasteiger partial charge is 0.481 e. The van der Waals surface area contributed by atoms with Crippen LogP contribution in [-0.2, 0) is 9.59 Å². The second-order valence-corrected chi connectivity index (χ2v) is 6.22. The van der Waals surface area contributed by atoms with Crippen LogP contribution in [0.3, 0.4) is 0 Å². The van der Waals surface area contributed by atoms with Crippen LogP contribution in [0.25, 0.3) is 0 Å². The van der Waals surface area contributed by atoms with Crippen molar-refractivity contribution in [1.29, 1.82) is 0 Å². The van der Waals surface area contributed by atoms with E-state index < -0.39 is 5.97 Å². The zero-order valence-corrected chi connectivity index (χ0v) is 14.2. The molecule has 0 aromatic rings. The lowest BCUT2D eigenvalue weighted by Gasteiger charge is -2.12. The molecular weight excluding hydrogens is 288 g/mol. The standard InChI is InChI=1S/C20H30O3/c1-2-3-4-5-6-9-12-17-15-16-19(21)18(17)13-10-7-8-11-14-20(22)23/h7,9-10,12,15-18H,2-6,8,11,13-14H2,1H3,(H,22,23)/b10-7-,12-9?/t17-,18+/m0/s1. The quantitative estimate of drug-likeness (QED) is 0.403. The molecule has 128 valence electrons. The number of hydrogen-bond acceptors (Lipinski definition) is 2. The van der Waals surface area contributed by atoms with E-state index >= 15 is 0 Å². The second kappa shape index (κ2) is 11.9. The Balaban J connectivity index is 2.29. The lowest BCUT2D eigenvalue weighted by molar-refractivity contribution is -0.137. The van der Waals surface area contributed by atoms with Crippen molar-refractivity contribution in [3.05, 3.63) is 36.5 Å². The van der Waals surface area contributed by atoms with Gasteiger partial charge >= 0.3 is 5.97 Å². The van der Waals surface area contributed by atoms with E-state index in [1.165, 1.54) is 25.7 Å². The number of allylic oxidation sites excluding steroid dienone is 6. The van der Waals surface area contributed by atoms with E-state index in [4.69, 9.17) is 5.11 Å². The molecule has 3 heteroatoms. The Hall–Kier alpha value is -1.64. The Labute approximate surface area is 140 Å². The van der Waals surface area contributed by atoms with Crippen LogP contribution >= 0.6 is 0 Å². The first kappa shape index (κ1) is 19.4. The van der Waals surface area contributed by atoms with Gasteiger partial charge in [0.15, 0.2) is 5.78 Å². The van der Waals surface area contributed by atoms with Crippen LogP contribution in [0.4, 0.5) is 0 Å². The molecule has 1 aliphatic carbocycles. The summed E-state index contributed by atoms with van der Waals surface area (Å²) in [5.74, 6) is -0.298. The Morgan fingerprint density at radius 1 is 1.13 bits per heavy atom. The molecule has 0 aromatic carbocycles. The van der Waals surface area contributed by atoms with Gasteiger partial charge in [-0.25, -0.2) is 0 Å². The van der Waals surface area contributed by atoms with E-state index in [1.54, 1.807) is 6.08 Å². The second-order valence-electron chi connectivity index (χ2n) is 6.22. The van der Waals surface area contributed by atoms with Crippen molar-refractivity contribution in [2.24, 2.45) is 11.8 Å². The first-order valence-corrected chi connectivity index (χ1v) is 8.90. The van der Waals surface area contributed by atoms with Crippen molar-refractivity contribution < 1.29 is 14.7 Å². The van der Waals surface area contributed by atoms with Crippen LogP contribution in [0, 0.1) is 11.8 Å². The first-order valence-electron chi connectivity index (χ1n) is 8.90. The molecule has 0 saturated carbocycles. The van der Waals surface area contributed by atoms with E-state index in [1.807, 2.05) is 18.2 Å². The molecule has 3 nitrogen and oxygen atoms in total. The zero-order chi connectivity index (χ0) is 16.9. The van der Waals surface area contributed by atoms with Gasteiger partial charge in [0.2, 0.25) is 0 Å². The Morgan fingerprint density at radius 2 is 1.91 bits per heavy atom. The minimum Gasteiger partial charge on any atom is -0.481 e. The molecule has 1 aliphatic rings. The van der Waals surface area contributed by atoms with Crippen molar-refractivity contribution in [3.8, 4) is 0 Å². The maximum atomic E-state index is 11.9. The molecule has 1 N–H and O–H groups in total. The highest BCUT2D eigenvalue weighted by Crippen LogP contribution is 2.27. The van der Waals surface area contributed by atoms with Crippen LogP contribution in [0.1, 0.15) is 64.7 Å². The van der Waals surface area contributed by atoms with Crippen molar-refractivity contribution in [2.45, 2.75) is 64.7 Å². The number of hydrogen-bond donors (Lipinski definition) is 1. The zero-order valence-electron chi connectivity index (χ0n) is 14.2. The molecule has 23 heavy (non-hydrogen) atoms. The molecule has 0 spiro atoms. The highest BCUT2D eigenvalue weighted by molar-refractivity contribution is 5.95. The highest BCUT2D eigenvalue weighted by atomic mass is 16.4. The minimum absolute atomic E-state index is 0.0256. The summed E-state index contributed by atoms with van der Waals surface area (Å²) < 4.78 is 0. The average molecular weight is 318 g/mol. The molecule has 0 aromatic heterocycles. The number of unbranched alkanes of at least 4 members (excludes halogenated alkanes) is 5. The maximum absolute atomic E-state index is 11.9. The van der Waals surface area contributed by atoms with Gasteiger partial charge < -0.3 is 5.11 Å². The predicted molar refractivity (Wildman–Crippen MR) is 94.3 cm³/mol. The third kappa shape index (κ3) is 8.53. The fraction of sp³-hybridized carbons (Fsp3) is 0.600. The Kier molecular flexibility index (Phi) is 10.0. The fourth-order valence-electron chi connectivity index (χ4n) is 2.80. The molecule has 0 radical (unpaired) electrons. The van der Waals surface area contributed by atoms with Crippen molar-refractivity contribution in [2.75, 3.05) is 0 Å². The minimum atomic E-state index is -0.752. The van der Waals surface area contributed by atoms with Crippen LogP contribution in [0.15, 0.2) is 36.5 Å². The van der Waals surface area contributed by atoms with Gasteiger partial charge in [-0.05, 0) is 38.2 Å². The molecular formula is C20H30O3. The third-order valence-corrected chi connectivity index (χ3v) is 4.21. The number of carboxylic acid groups (broad SMARTS) is 1. The normalized spacial score (nSPS) is 21.0. The summed E-state index contributed by atoms with van der Waals surface area (Å²) in [5.41, 5.74) is 0. The summed E-state index contributed by atoms with van der Waals surface area (Å²) in [7, 11) is 0. The van der Waals surface area contributed by atoms with Crippen molar-refractivity contribution in [3.63, 3.8) is 0 Å². The average Bonchev–Trinajstić information content (AvgIpc) is 2.86. The van der Waals surface area contributed by atoms with Crippen LogP contribution in [0.5, 0.6) is 0 Å². The van der Waals surface area contributed by atoms with E-state index in [-0.39, 0.29) is 24.0 Å². The molecule has 0 unspecified atom stereocenters. The number of carboxylic acids is 1. The van der Waals surface area contributed by atoms with Crippen LogP contribution in [0.2, 0.25) is 0 Å². The number of aliphatic carboxylic acids is 1. The molecule has 0 bridgehead atoms. The third-order valence-electron chi connectivity index (χ3n) is 4.21.